The summed E-state index contributed by atoms with van der Waals surface area (Å²) in [5, 5.41) is 6.38. The van der Waals surface area contributed by atoms with Crippen LogP contribution in [-0.4, -0.2) is 41.3 Å². The van der Waals surface area contributed by atoms with E-state index in [1.807, 2.05) is 36.7 Å². The van der Waals surface area contributed by atoms with Crippen LogP contribution in [-0.2, 0) is 19.4 Å². The highest BCUT2D eigenvalue weighted by molar-refractivity contribution is 7.99. The van der Waals surface area contributed by atoms with Crippen LogP contribution < -0.4 is 15.4 Å². The number of benzene rings is 1. The average Bonchev–Trinajstić information content (AvgIpc) is 3.02. The van der Waals surface area contributed by atoms with E-state index in [1.54, 1.807) is 18.0 Å². The summed E-state index contributed by atoms with van der Waals surface area (Å²) in [6, 6.07) is 14.0. The van der Waals surface area contributed by atoms with Crippen LogP contribution in [0.15, 0.2) is 66.0 Å². The van der Waals surface area contributed by atoms with Gasteiger partial charge in [0.2, 0.25) is 0 Å². The third-order valence-corrected chi connectivity index (χ3v) is 6.27. The third kappa shape index (κ3) is 9.86. The van der Waals surface area contributed by atoms with Gasteiger partial charge in [-0.3, -0.25) is 14.8 Å². The quantitative estimate of drug-likeness (QED) is 0.345. The number of thioether (sulfide) groups is 1. The molecule has 190 valence electrons. The molecule has 0 radical (unpaired) electrons. The van der Waals surface area contributed by atoms with E-state index in [9.17, 15) is 4.79 Å². The van der Waals surface area contributed by atoms with Crippen molar-refractivity contribution in [2.75, 3.05) is 25.4 Å². The van der Waals surface area contributed by atoms with Gasteiger partial charge in [0.15, 0.2) is 0 Å². The minimum Gasteiger partial charge on any atom is -0.494 e. The highest BCUT2D eigenvalue weighted by Crippen LogP contribution is 2.28. The Bertz CT molecular complexity index is 1040. The molecule has 0 bridgehead atoms. The maximum absolute atomic E-state index is 12.0. The molecule has 0 aliphatic carbocycles. The van der Waals surface area contributed by atoms with Gasteiger partial charge < -0.3 is 15.4 Å². The topological polar surface area (TPSA) is 76.1 Å². The molecule has 1 aromatic carbocycles. The monoisotopic (exact) mass is 556 g/mol. The molecule has 0 saturated heterocycles. The first kappa shape index (κ1) is 31.0. The van der Waals surface area contributed by atoms with Crippen LogP contribution in [0.25, 0.3) is 0 Å². The Morgan fingerprint density at radius 2 is 1.91 bits per heavy atom. The lowest BCUT2D eigenvalue weighted by Gasteiger charge is -2.10. The second kappa shape index (κ2) is 16.6. The predicted octanol–water partition coefficient (Wildman–Crippen LogP) is 4.92. The summed E-state index contributed by atoms with van der Waals surface area (Å²) >= 11 is 1.69. The number of aromatic nitrogens is 2. The number of nitrogens with zero attached hydrogens (tertiary/aromatic N) is 2. The summed E-state index contributed by atoms with van der Waals surface area (Å²) in [5.41, 5.74) is 4.31. The number of halogens is 3. The summed E-state index contributed by atoms with van der Waals surface area (Å²) in [6.07, 6.45) is 8.36. The first-order valence-electron chi connectivity index (χ1n) is 11.0. The maximum Gasteiger partial charge on any atom is 0.252 e. The number of ether oxygens (including phenoxy) is 1. The van der Waals surface area contributed by atoms with Gasteiger partial charge in [0.25, 0.3) is 5.91 Å². The first-order valence-corrected chi connectivity index (χ1v) is 12.0. The van der Waals surface area contributed by atoms with Crippen LogP contribution in [0.3, 0.4) is 0 Å². The van der Waals surface area contributed by atoms with Crippen LogP contribution in [0.1, 0.15) is 33.6 Å². The Balaban J connectivity index is 0.00000204. The maximum atomic E-state index is 12.0. The van der Waals surface area contributed by atoms with Crippen LogP contribution in [0.4, 0.5) is 0 Å². The molecule has 3 aromatic rings. The Hall–Kier alpha value is -2.03. The van der Waals surface area contributed by atoms with Crippen molar-refractivity contribution in [1.29, 1.82) is 0 Å². The molecule has 0 atom stereocenters. The largest absolute Gasteiger partial charge is 0.494 e. The van der Waals surface area contributed by atoms with E-state index in [1.165, 1.54) is 11.1 Å². The van der Waals surface area contributed by atoms with Crippen molar-refractivity contribution in [1.82, 2.24) is 20.6 Å². The molecule has 0 fully saturated rings. The van der Waals surface area contributed by atoms with Gasteiger partial charge in [0.1, 0.15) is 5.75 Å². The zero-order chi connectivity index (χ0) is 22.0. The fourth-order valence-electron chi connectivity index (χ4n) is 3.53. The summed E-state index contributed by atoms with van der Waals surface area (Å²) < 4.78 is 5.89. The summed E-state index contributed by atoms with van der Waals surface area (Å²) in [5.74, 6) is 1.70. The average molecular weight is 558 g/mol. The van der Waals surface area contributed by atoms with Crippen molar-refractivity contribution in [2.24, 2.45) is 0 Å². The molecule has 3 heterocycles. The number of pyridine rings is 2. The smallest absolute Gasteiger partial charge is 0.252 e. The van der Waals surface area contributed by atoms with E-state index < -0.39 is 0 Å². The number of hydrogen-bond acceptors (Lipinski definition) is 6. The van der Waals surface area contributed by atoms with Crippen LogP contribution in [0.2, 0.25) is 0 Å². The van der Waals surface area contributed by atoms with E-state index in [0.717, 1.165) is 60.0 Å². The fourth-order valence-corrected chi connectivity index (χ4v) is 4.47. The zero-order valence-electron chi connectivity index (χ0n) is 19.3. The van der Waals surface area contributed by atoms with E-state index in [2.05, 4.69) is 38.8 Å². The van der Waals surface area contributed by atoms with E-state index in [-0.39, 0.29) is 43.1 Å². The van der Waals surface area contributed by atoms with Crippen LogP contribution >= 0.6 is 49.0 Å². The van der Waals surface area contributed by atoms with Gasteiger partial charge in [0.05, 0.1) is 12.2 Å². The molecular weight excluding hydrogens is 527 g/mol. The third-order valence-electron chi connectivity index (χ3n) is 5.21. The molecule has 6 nitrogen and oxygen atoms in total. The van der Waals surface area contributed by atoms with Crippen molar-refractivity contribution in [3.05, 3.63) is 83.4 Å². The van der Waals surface area contributed by atoms with E-state index in [4.69, 9.17) is 4.74 Å². The van der Waals surface area contributed by atoms with E-state index in [0.29, 0.717) is 13.2 Å². The van der Waals surface area contributed by atoms with Crippen molar-refractivity contribution in [3.8, 4) is 5.75 Å². The lowest BCUT2D eigenvalue weighted by atomic mass is 10.1. The van der Waals surface area contributed by atoms with Crippen LogP contribution in [0.5, 0.6) is 5.75 Å². The molecule has 1 amide bonds. The van der Waals surface area contributed by atoms with Gasteiger partial charge in [-0.25, -0.2) is 0 Å². The molecule has 35 heavy (non-hydrogen) atoms. The standard InChI is InChI=1S/C25H28N4O2S.3ClH/c30-25-23-7-6-22(16-24(23)32-14-12-29-25)31-13-2-10-27-18-20-8-11-28-21(15-20)5-4-19-3-1-9-26-17-19;;;/h1,3,6-9,11,15-17,27H,2,4-5,10,12-14,18H2,(H,29,30);3*1H. The van der Waals surface area contributed by atoms with E-state index >= 15 is 0 Å². The summed E-state index contributed by atoms with van der Waals surface area (Å²) in [4.78, 5) is 21.7. The summed E-state index contributed by atoms with van der Waals surface area (Å²) in [7, 11) is 0. The van der Waals surface area contributed by atoms with Crippen molar-refractivity contribution in [3.63, 3.8) is 0 Å². The minimum atomic E-state index is -0.00269. The predicted molar refractivity (Wildman–Crippen MR) is 149 cm³/mol. The Kier molecular flexibility index (Phi) is 14.7. The number of nitrogens with one attached hydrogen (secondary N) is 2. The number of carbonyl (C=O) groups excluding carboxylic acids is 1. The van der Waals surface area contributed by atoms with Gasteiger partial charge in [0, 0.05) is 48.0 Å². The lowest BCUT2D eigenvalue weighted by Crippen LogP contribution is -2.23. The number of fused-ring (bicyclic) bond motifs is 1. The zero-order valence-corrected chi connectivity index (χ0v) is 22.5. The number of aryl methyl sites for hydroxylation is 2. The molecular formula is C25H31Cl3N4O2S. The lowest BCUT2D eigenvalue weighted by molar-refractivity contribution is 0.0954. The highest BCUT2D eigenvalue weighted by atomic mass is 35.5. The Morgan fingerprint density at radius 3 is 2.74 bits per heavy atom. The molecule has 1 aliphatic rings. The Labute approximate surface area is 229 Å². The molecule has 0 unspecified atom stereocenters. The highest BCUT2D eigenvalue weighted by Gasteiger charge is 2.16. The second-order valence-corrected chi connectivity index (χ2v) is 8.79. The number of amides is 1. The molecule has 1 aliphatic heterocycles. The molecule has 0 saturated carbocycles. The first-order chi connectivity index (χ1) is 15.8. The van der Waals surface area contributed by atoms with Gasteiger partial charge in [-0.15, -0.1) is 49.0 Å². The van der Waals surface area contributed by atoms with Gasteiger partial charge in [-0.05, 0) is 73.3 Å². The van der Waals surface area contributed by atoms with Crippen molar-refractivity contribution >= 4 is 54.9 Å². The molecule has 2 N–H and O–H groups in total. The SMILES string of the molecule is Cl.Cl.Cl.O=C1NCCSc2cc(OCCCNCc3ccnc(CCc4cccnc4)c3)ccc21. The normalized spacial score (nSPS) is 12.1. The van der Waals surface area contributed by atoms with Crippen molar-refractivity contribution < 1.29 is 9.53 Å². The minimum absolute atomic E-state index is 0. The molecule has 4 rings (SSSR count). The van der Waals surface area contributed by atoms with Gasteiger partial charge in [-0.1, -0.05) is 6.07 Å². The Morgan fingerprint density at radius 1 is 1.03 bits per heavy atom. The second-order valence-electron chi connectivity index (χ2n) is 7.66. The van der Waals surface area contributed by atoms with Gasteiger partial charge in [-0.2, -0.15) is 0 Å². The number of hydrogen-bond donors (Lipinski definition) is 2. The number of carbonyl (C=O) groups is 1. The van der Waals surface area contributed by atoms with Crippen LogP contribution in [0, 0.1) is 0 Å². The fraction of sp³-hybridized carbons (Fsp3) is 0.320. The molecule has 10 heteroatoms. The van der Waals surface area contributed by atoms with Gasteiger partial charge >= 0.3 is 0 Å². The number of rotatable bonds is 10. The molecule has 0 spiro atoms. The van der Waals surface area contributed by atoms with Crippen molar-refractivity contribution in [2.45, 2.75) is 30.7 Å². The molecule has 2 aromatic heterocycles. The summed E-state index contributed by atoms with van der Waals surface area (Å²) in [6.45, 7) is 3.02.